The quantitative estimate of drug-likeness (QED) is 0.0351. The van der Waals surface area contributed by atoms with Crippen molar-refractivity contribution in [2.75, 3.05) is 13.1 Å². The first-order valence-electron chi connectivity index (χ1n) is 26.2. The van der Waals surface area contributed by atoms with Crippen molar-refractivity contribution < 1.29 is 68.4 Å². The zero-order valence-electron chi connectivity index (χ0n) is 45.3. The van der Waals surface area contributed by atoms with Crippen molar-refractivity contribution in [2.45, 2.75) is 193 Å². The Morgan fingerprint density at radius 2 is 0.934 bits per heavy atom. The summed E-state index contributed by atoms with van der Waals surface area (Å²) < 4.78 is 0. The van der Waals surface area contributed by atoms with Gasteiger partial charge in [0.2, 0.25) is 47.3 Å². The van der Waals surface area contributed by atoms with Crippen LogP contribution in [0.5, 0.6) is 5.75 Å². The number of nitrogens with two attached hydrogens (primary N) is 3. The third-order valence-corrected chi connectivity index (χ3v) is 12.9. The molecule has 1 aromatic carbocycles. The zero-order valence-corrected chi connectivity index (χ0v) is 45.3. The van der Waals surface area contributed by atoms with Gasteiger partial charge in [-0.1, -0.05) is 66.5 Å². The summed E-state index contributed by atoms with van der Waals surface area (Å²) in [7, 11) is 0. The van der Waals surface area contributed by atoms with Gasteiger partial charge in [0.15, 0.2) is 0 Å². The average Bonchev–Trinajstić information content (AvgIpc) is 3.36. The number of amides is 8. The van der Waals surface area contributed by atoms with Crippen molar-refractivity contribution in [3.05, 3.63) is 29.8 Å². The summed E-state index contributed by atoms with van der Waals surface area (Å²) in [5, 5.41) is 60.0. The van der Waals surface area contributed by atoms with Gasteiger partial charge in [-0.3, -0.25) is 43.2 Å². The second-order valence-corrected chi connectivity index (χ2v) is 19.9. The van der Waals surface area contributed by atoms with Gasteiger partial charge in [-0.2, -0.15) is 0 Å². The third kappa shape index (κ3) is 24.5. The number of unbranched alkanes of at least 4 members (excludes halogenated alkanes) is 2. The van der Waals surface area contributed by atoms with Gasteiger partial charge in [0.25, 0.3) is 0 Å². The number of aliphatic hydroxyl groups excluding tert-OH is 1. The van der Waals surface area contributed by atoms with Gasteiger partial charge in [0.05, 0.1) is 12.1 Å². The first-order chi connectivity index (χ1) is 35.7. The van der Waals surface area contributed by atoms with E-state index in [-0.39, 0.29) is 63.3 Å². The van der Waals surface area contributed by atoms with Crippen LogP contribution < -0.4 is 59.7 Å². The van der Waals surface area contributed by atoms with Crippen LogP contribution in [0.4, 0.5) is 0 Å². The van der Waals surface area contributed by atoms with Gasteiger partial charge >= 0.3 is 11.9 Å². The summed E-state index contributed by atoms with van der Waals surface area (Å²) in [5.41, 5.74) is 17.8. The van der Waals surface area contributed by atoms with Crippen molar-refractivity contribution in [1.29, 1.82) is 0 Å². The van der Waals surface area contributed by atoms with Crippen molar-refractivity contribution in [1.82, 2.24) is 42.5 Å². The fourth-order valence-electron chi connectivity index (χ4n) is 7.74. The Balaban J connectivity index is 3.31. The maximum Gasteiger partial charge on any atom is 0.326 e. The number of carboxylic acids is 2. The lowest BCUT2D eigenvalue weighted by Gasteiger charge is -2.31. The molecule has 0 saturated heterocycles. The molecule has 0 bridgehead atoms. The maximum atomic E-state index is 14.0. The number of carboxylic acid groups (broad SMARTS) is 2. The van der Waals surface area contributed by atoms with Gasteiger partial charge in [-0.25, -0.2) is 4.79 Å². The van der Waals surface area contributed by atoms with E-state index in [1.165, 1.54) is 38.1 Å². The highest BCUT2D eigenvalue weighted by atomic mass is 16.4. The lowest BCUT2D eigenvalue weighted by molar-refractivity contribution is -0.142. The van der Waals surface area contributed by atoms with E-state index in [0.29, 0.717) is 44.1 Å². The number of carbonyl (C=O) groups is 10. The maximum absolute atomic E-state index is 14.0. The second kappa shape index (κ2) is 35.0. The van der Waals surface area contributed by atoms with Crippen LogP contribution >= 0.6 is 0 Å². The molecule has 8 amide bonds. The number of aliphatic hydroxyl groups is 1. The summed E-state index contributed by atoms with van der Waals surface area (Å²) in [5.74, 6) is -10.3. The molecule has 0 aromatic heterocycles. The Kier molecular flexibility index (Phi) is 31.1. The largest absolute Gasteiger partial charge is 0.508 e. The SMILES string of the molecule is CC[C@H](C)[C@H](NC(=O)[C@@H](NC(=O)[C@@H](N)CCC(=O)O)[C@@H](C)CC)C(=O)N[C@H](C(=O)N[C@@H](CC(C)C)C(=O)N[C@@H](C)C(=O)N[C@@H](CCCCN)C(=O)N[C@@H](CCCCN)C(=O)N[C@@H](Cc1ccc(O)cc1)C(=O)O)[C@@H](C)O. The van der Waals surface area contributed by atoms with Crippen LogP contribution in [0.25, 0.3) is 0 Å². The minimum absolute atomic E-state index is 0.0238. The van der Waals surface area contributed by atoms with E-state index in [1.54, 1.807) is 41.5 Å². The molecule has 0 radical (unpaired) electrons. The molecule has 0 saturated carbocycles. The fourth-order valence-corrected chi connectivity index (χ4v) is 7.74. The number of hydrogen-bond acceptors (Lipinski definition) is 15. The molecule has 18 N–H and O–H groups in total. The van der Waals surface area contributed by atoms with Crippen LogP contribution in [0.1, 0.15) is 132 Å². The molecule has 12 atom stereocenters. The number of nitrogens with one attached hydrogen (secondary N) is 8. The Morgan fingerprint density at radius 1 is 0.513 bits per heavy atom. The highest BCUT2D eigenvalue weighted by Crippen LogP contribution is 2.16. The van der Waals surface area contributed by atoms with E-state index in [2.05, 4.69) is 42.5 Å². The predicted octanol–water partition coefficient (Wildman–Crippen LogP) is -1.11. The number of phenols is 1. The van der Waals surface area contributed by atoms with Gasteiger partial charge < -0.3 is 80.2 Å². The first-order valence-corrected chi connectivity index (χ1v) is 26.2. The minimum Gasteiger partial charge on any atom is -0.508 e. The molecule has 76 heavy (non-hydrogen) atoms. The summed E-state index contributed by atoms with van der Waals surface area (Å²) in [4.78, 5) is 133. The zero-order chi connectivity index (χ0) is 57.8. The number of aliphatic carboxylic acids is 2. The lowest BCUT2D eigenvalue weighted by Crippen LogP contribution is -2.63. The standard InChI is InChI=1S/C51H87N11O14/c1-9-28(5)40(60-44(68)34(54)21-22-39(65)66)48(72)61-41(29(6)10-2)49(73)62-42(31(8)63)50(74)58-37(25-27(3)4)47(71)55-30(7)43(67)56-35(15-11-13-23-52)45(69)57-36(16-12-14-24-53)46(70)59-38(51(75)76)26-32-17-19-33(64)20-18-32/h17-20,27-31,34-38,40-42,63-64H,9-16,21-26,52-54H2,1-8H3,(H,55,71)(H,56,67)(H,57,69)(H,58,74)(H,59,70)(H,60,68)(H,61,72)(H,62,73)(H,65,66)(H,75,76)/t28-,29-,30-,31+,34-,35-,36-,37-,38-,40-,41-,42-/m0/s1. The molecule has 0 aliphatic heterocycles. The molecule has 1 rings (SSSR count). The smallest absolute Gasteiger partial charge is 0.326 e. The second-order valence-electron chi connectivity index (χ2n) is 19.9. The summed E-state index contributed by atoms with van der Waals surface area (Å²) in [6, 6.07) is -6.16. The molecule has 0 aliphatic rings. The highest BCUT2D eigenvalue weighted by Gasteiger charge is 2.38. The van der Waals surface area contributed by atoms with Gasteiger partial charge in [-0.05, 0) is 114 Å². The number of phenolic OH excluding ortho intramolecular Hbond substituents is 1. The fraction of sp³-hybridized carbons (Fsp3) is 0.686. The van der Waals surface area contributed by atoms with E-state index in [1.807, 2.05) is 0 Å². The van der Waals surface area contributed by atoms with Gasteiger partial charge in [0.1, 0.15) is 54.1 Å². The lowest BCUT2D eigenvalue weighted by atomic mass is 9.94. The van der Waals surface area contributed by atoms with Crippen molar-refractivity contribution in [3.63, 3.8) is 0 Å². The van der Waals surface area contributed by atoms with Gasteiger partial charge in [0, 0.05) is 12.8 Å². The summed E-state index contributed by atoms with van der Waals surface area (Å²) in [6.07, 6.45) is 0.389. The van der Waals surface area contributed by atoms with Crippen LogP contribution in [0.3, 0.4) is 0 Å². The molecule has 0 unspecified atom stereocenters. The topological polar surface area (TPSA) is 426 Å². The molecule has 1 aromatic rings. The number of benzene rings is 1. The monoisotopic (exact) mass is 1080 g/mol. The molecular weight excluding hydrogens is 991 g/mol. The molecule has 430 valence electrons. The van der Waals surface area contributed by atoms with E-state index < -0.39 is 132 Å². The van der Waals surface area contributed by atoms with Crippen LogP contribution in [-0.2, 0) is 54.4 Å². The number of aromatic hydroxyl groups is 1. The number of hydrogen-bond donors (Lipinski definition) is 15. The number of carbonyl (C=O) groups excluding carboxylic acids is 8. The molecule has 0 heterocycles. The van der Waals surface area contributed by atoms with Crippen molar-refractivity contribution >= 4 is 59.2 Å². The van der Waals surface area contributed by atoms with Crippen molar-refractivity contribution in [3.8, 4) is 5.75 Å². The summed E-state index contributed by atoms with van der Waals surface area (Å²) in [6.45, 7) is 13.5. The Morgan fingerprint density at radius 3 is 1.37 bits per heavy atom. The van der Waals surface area contributed by atoms with E-state index >= 15 is 0 Å². The minimum atomic E-state index is -1.67. The number of rotatable bonds is 37. The average molecular weight is 1080 g/mol. The predicted molar refractivity (Wildman–Crippen MR) is 281 cm³/mol. The van der Waals surface area contributed by atoms with Gasteiger partial charge in [-0.15, -0.1) is 0 Å². The van der Waals surface area contributed by atoms with Crippen LogP contribution in [0, 0.1) is 17.8 Å². The van der Waals surface area contributed by atoms with E-state index in [9.17, 15) is 63.3 Å². The molecule has 25 heteroatoms. The molecule has 0 fully saturated rings. The Hall–Kier alpha value is -6.44. The first kappa shape index (κ1) is 67.6. The van der Waals surface area contributed by atoms with Crippen molar-refractivity contribution in [2.24, 2.45) is 35.0 Å². The third-order valence-electron chi connectivity index (χ3n) is 12.9. The molecule has 25 nitrogen and oxygen atoms in total. The normalized spacial score (nSPS) is 16.0. The molecule has 0 aliphatic carbocycles. The molecular formula is C51H87N11O14. The van der Waals surface area contributed by atoms with Crippen LogP contribution in [0.2, 0.25) is 0 Å². The van der Waals surface area contributed by atoms with Crippen LogP contribution in [-0.4, -0.2) is 153 Å². The summed E-state index contributed by atoms with van der Waals surface area (Å²) >= 11 is 0. The Bertz CT molecular complexity index is 2060. The Labute approximate surface area is 445 Å². The van der Waals surface area contributed by atoms with Crippen LogP contribution in [0.15, 0.2) is 24.3 Å². The molecule has 0 spiro atoms. The highest BCUT2D eigenvalue weighted by molar-refractivity contribution is 5.98. The van der Waals surface area contributed by atoms with E-state index in [4.69, 9.17) is 22.3 Å². The van der Waals surface area contributed by atoms with E-state index in [0.717, 1.165) is 0 Å².